The van der Waals surface area contributed by atoms with Crippen LogP contribution in [0.2, 0.25) is 0 Å². The second kappa shape index (κ2) is 3.24. The van der Waals surface area contributed by atoms with Gasteiger partial charge in [-0.15, -0.1) is 0 Å². The Morgan fingerprint density at radius 3 is 2.80 bits per heavy atom. The van der Waals surface area contributed by atoms with E-state index in [0.29, 0.717) is 0 Å². The number of benzene rings is 1. The lowest BCUT2D eigenvalue weighted by atomic mass is 10.1. The maximum Gasteiger partial charge on any atom is 0.119 e. The molecule has 2 heteroatoms. The highest BCUT2D eigenvalue weighted by atomic mass is 16.5. The van der Waals surface area contributed by atoms with Crippen LogP contribution in [0, 0.1) is 5.92 Å². The van der Waals surface area contributed by atoms with E-state index in [4.69, 9.17) is 10.5 Å². The molecule has 0 atom stereocenters. The largest absolute Gasteiger partial charge is 0.493 e. The molecule has 0 saturated heterocycles. The van der Waals surface area contributed by atoms with E-state index in [2.05, 4.69) is 12.1 Å². The van der Waals surface area contributed by atoms with Crippen molar-refractivity contribution < 1.29 is 4.74 Å². The maximum atomic E-state index is 6.15. The van der Waals surface area contributed by atoms with Gasteiger partial charge in [0, 0.05) is 5.54 Å². The normalized spacial score (nSPS) is 22.5. The van der Waals surface area contributed by atoms with Crippen molar-refractivity contribution in [3.05, 3.63) is 29.8 Å². The minimum Gasteiger partial charge on any atom is -0.493 e. The molecule has 2 nitrogen and oxygen atoms in total. The lowest BCUT2D eigenvalue weighted by Gasteiger charge is -2.11. The van der Waals surface area contributed by atoms with Crippen LogP contribution in [0.25, 0.3) is 0 Å². The summed E-state index contributed by atoms with van der Waals surface area (Å²) in [6, 6.07) is 8.29. The Balaban J connectivity index is 1.71. The predicted molar refractivity (Wildman–Crippen MR) is 59.8 cm³/mol. The Labute approximate surface area is 90.4 Å². The SMILES string of the molecule is NC1(c2cccc(OCC3CC3)c2)CC1. The van der Waals surface area contributed by atoms with Gasteiger partial charge in [0.1, 0.15) is 5.75 Å². The zero-order valence-corrected chi connectivity index (χ0v) is 8.91. The molecule has 0 spiro atoms. The van der Waals surface area contributed by atoms with Gasteiger partial charge in [0.05, 0.1) is 6.61 Å². The summed E-state index contributed by atoms with van der Waals surface area (Å²) in [5, 5.41) is 0. The zero-order valence-electron chi connectivity index (χ0n) is 8.91. The first kappa shape index (κ1) is 9.22. The van der Waals surface area contributed by atoms with Gasteiger partial charge in [0.2, 0.25) is 0 Å². The summed E-state index contributed by atoms with van der Waals surface area (Å²) < 4.78 is 5.74. The minimum absolute atomic E-state index is 0.0427. The number of nitrogens with two attached hydrogens (primary N) is 1. The smallest absolute Gasteiger partial charge is 0.119 e. The van der Waals surface area contributed by atoms with Crippen molar-refractivity contribution in [1.82, 2.24) is 0 Å². The fourth-order valence-corrected chi connectivity index (χ4v) is 1.82. The van der Waals surface area contributed by atoms with Crippen LogP contribution in [-0.4, -0.2) is 6.61 Å². The topological polar surface area (TPSA) is 35.2 Å². The standard InChI is InChI=1S/C13H17NO/c14-13(6-7-13)11-2-1-3-12(8-11)15-9-10-4-5-10/h1-3,8,10H,4-7,9,14H2. The average Bonchev–Trinajstić information content (AvgIpc) is 3.12. The third-order valence-corrected chi connectivity index (χ3v) is 3.38. The van der Waals surface area contributed by atoms with Crippen LogP contribution >= 0.6 is 0 Å². The average molecular weight is 203 g/mol. The molecule has 2 aliphatic carbocycles. The molecule has 2 N–H and O–H groups in total. The van der Waals surface area contributed by atoms with Crippen molar-refractivity contribution in [3.8, 4) is 5.75 Å². The van der Waals surface area contributed by atoms with Gasteiger partial charge in [0.25, 0.3) is 0 Å². The molecule has 1 aromatic rings. The molecule has 1 aromatic carbocycles. The first-order chi connectivity index (χ1) is 7.26. The minimum atomic E-state index is -0.0427. The second-order valence-corrected chi connectivity index (χ2v) is 4.94. The lowest BCUT2D eigenvalue weighted by Crippen LogP contribution is -2.18. The van der Waals surface area contributed by atoms with E-state index in [0.717, 1.165) is 31.1 Å². The lowest BCUT2D eigenvalue weighted by molar-refractivity contribution is 0.299. The first-order valence-corrected chi connectivity index (χ1v) is 5.78. The van der Waals surface area contributed by atoms with Crippen molar-refractivity contribution in [1.29, 1.82) is 0 Å². The summed E-state index contributed by atoms with van der Waals surface area (Å²) in [5.74, 6) is 1.79. The van der Waals surface area contributed by atoms with Crippen molar-refractivity contribution >= 4 is 0 Å². The van der Waals surface area contributed by atoms with Gasteiger partial charge in [-0.05, 0) is 49.3 Å². The molecule has 15 heavy (non-hydrogen) atoms. The molecule has 3 rings (SSSR count). The van der Waals surface area contributed by atoms with Crippen molar-refractivity contribution in [3.63, 3.8) is 0 Å². The van der Waals surface area contributed by atoms with E-state index < -0.39 is 0 Å². The highest BCUT2D eigenvalue weighted by molar-refractivity contribution is 5.36. The van der Waals surface area contributed by atoms with E-state index in [9.17, 15) is 0 Å². The molecule has 0 aliphatic heterocycles. The van der Waals surface area contributed by atoms with Gasteiger partial charge >= 0.3 is 0 Å². The number of hydrogen-bond donors (Lipinski definition) is 1. The van der Waals surface area contributed by atoms with Crippen molar-refractivity contribution in [2.45, 2.75) is 31.2 Å². The van der Waals surface area contributed by atoms with E-state index in [1.165, 1.54) is 18.4 Å². The van der Waals surface area contributed by atoms with Crippen LogP contribution in [0.3, 0.4) is 0 Å². The molecule has 2 aliphatic rings. The highest BCUT2D eigenvalue weighted by Crippen LogP contribution is 2.43. The van der Waals surface area contributed by atoms with Crippen LogP contribution in [0.1, 0.15) is 31.2 Å². The van der Waals surface area contributed by atoms with Gasteiger partial charge in [-0.2, -0.15) is 0 Å². The number of rotatable bonds is 4. The molecular weight excluding hydrogens is 186 g/mol. The summed E-state index contributed by atoms with van der Waals surface area (Å²) in [7, 11) is 0. The molecule has 80 valence electrons. The van der Waals surface area contributed by atoms with Gasteiger partial charge in [-0.1, -0.05) is 12.1 Å². The molecule has 0 radical (unpaired) electrons. The summed E-state index contributed by atoms with van der Waals surface area (Å²) in [6.45, 7) is 0.876. The van der Waals surface area contributed by atoms with E-state index >= 15 is 0 Å². The maximum absolute atomic E-state index is 6.15. The Morgan fingerprint density at radius 2 is 2.13 bits per heavy atom. The summed E-state index contributed by atoms with van der Waals surface area (Å²) in [5.41, 5.74) is 7.34. The van der Waals surface area contributed by atoms with Gasteiger partial charge in [-0.25, -0.2) is 0 Å². The molecular formula is C13H17NO. The number of hydrogen-bond acceptors (Lipinski definition) is 2. The quantitative estimate of drug-likeness (QED) is 0.815. The summed E-state index contributed by atoms with van der Waals surface area (Å²) in [6.07, 6.45) is 4.89. The van der Waals surface area contributed by atoms with E-state index in [1.807, 2.05) is 12.1 Å². The summed E-state index contributed by atoms with van der Waals surface area (Å²) in [4.78, 5) is 0. The fourth-order valence-electron chi connectivity index (χ4n) is 1.82. The van der Waals surface area contributed by atoms with Crippen molar-refractivity contribution in [2.75, 3.05) is 6.61 Å². The fraction of sp³-hybridized carbons (Fsp3) is 0.538. The third kappa shape index (κ3) is 2.00. The molecule has 2 saturated carbocycles. The molecule has 2 fully saturated rings. The monoisotopic (exact) mass is 203 g/mol. The second-order valence-electron chi connectivity index (χ2n) is 4.94. The van der Waals surface area contributed by atoms with Crippen LogP contribution in [0.15, 0.2) is 24.3 Å². The van der Waals surface area contributed by atoms with Crippen LogP contribution in [-0.2, 0) is 5.54 Å². The van der Waals surface area contributed by atoms with Gasteiger partial charge < -0.3 is 10.5 Å². The summed E-state index contributed by atoms with van der Waals surface area (Å²) >= 11 is 0. The Kier molecular flexibility index (Phi) is 1.99. The van der Waals surface area contributed by atoms with E-state index in [1.54, 1.807) is 0 Å². The van der Waals surface area contributed by atoms with Gasteiger partial charge in [0.15, 0.2) is 0 Å². The number of ether oxygens (including phenoxy) is 1. The van der Waals surface area contributed by atoms with Crippen LogP contribution < -0.4 is 10.5 Å². The Bertz CT molecular complexity index is 367. The molecule has 0 bridgehead atoms. The molecule has 0 heterocycles. The molecule has 0 amide bonds. The van der Waals surface area contributed by atoms with Gasteiger partial charge in [-0.3, -0.25) is 0 Å². The zero-order chi connectivity index (χ0) is 10.3. The Hall–Kier alpha value is -1.02. The highest BCUT2D eigenvalue weighted by Gasteiger charge is 2.40. The molecule has 0 aromatic heterocycles. The van der Waals surface area contributed by atoms with Crippen LogP contribution in [0.5, 0.6) is 5.75 Å². The third-order valence-electron chi connectivity index (χ3n) is 3.38. The Morgan fingerprint density at radius 1 is 1.33 bits per heavy atom. The first-order valence-electron chi connectivity index (χ1n) is 5.78. The predicted octanol–water partition coefficient (Wildman–Crippen LogP) is 2.42. The molecule has 0 unspecified atom stereocenters. The van der Waals surface area contributed by atoms with E-state index in [-0.39, 0.29) is 5.54 Å². The van der Waals surface area contributed by atoms with Crippen LogP contribution in [0.4, 0.5) is 0 Å². The van der Waals surface area contributed by atoms with Crippen molar-refractivity contribution in [2.24, 2.45) is 11.7 Å².